The number of hydrogen-bond acceptors (Lipinski definition) is 3. The third-order valence-corrected chi connectivity index (χ3v) is 4.00. The van der Waals surface area contributed by atoms with Gasteiger partial charge < -0.3 is 15.0 Å². The lowest BCUT2D eigenvalue weighted by atomic mass is 10.0. The van der Waals surface area contributed by atoms with Gasteiger partial charge in [0.05, 0.1) is 7.11 Å². The molecule has 1 aromatic carbocycles. The fourth-order valence-electron chi connectivity index (χ4n) is 2.59. The van der Waals surface area contributed by atoms with Crippen molar-refractivity contribution in [2.45, 2.75) is 31.7 Å². The Morgan fingerprint density at radius 2 is 2.15 bits per heavy atom. The second-order valence-electron chi connectivity index (χ2n) is 5.35. The lowest BCUT2D eigenvalue weighted by Crippen LogP contribution is -2.46. The first kappa shape index (κ1) is 14.9. The van der Waals surface area contributed by atoms with Gasteiger partial charge >= 0.3 is 0 Å². The highest BCUT2D eigenvalue weighted by atomic mass is 16.5. The zero-order chi connectivity index (χ0) is 14.4. The number of methoxy groups -OCH3 is 1. The molecule has 110 valence electrons. The van der Waals surface area contributed by atoms with E-state index >= 15 is 0 Å². The van der Waals surface area contributed by atoms with Crippen LogP contribution >= 0.6 is 0 Å². The normalized spacial score (nSPS) is 18.6. The van der Waals surface area contributed by atoms with E-state index in [0.29, 0.717) is 12.5 Å². The van der Waals surface area contributed by atoms with Crippen LogP contribution in [0, 0.1) is 0 Å². The zero-order valence-electron chi connectivity index (χ0n) is 12.4. The molecule has 1 fully saturated rings. The van der Waals surface area contributed by atoms with Gasteiger partial charge in [0.25, 0.3) is 0 Å². The van der Waals surface area contributed by atoms with Crippen LogP contribution < -0.4 is 10.1 Å². The Labute approximate surface area is 121 Å². The number of nitrogens with one attached hydrogen (secondary N) is 1. The molecule has 0 aliphatic carbocycles. The molecule has 0 bridgehead atoms. The summed E-state index contributed by atoms with van der Waals surface area (Å²) in [6.45, 7) is 2.00. The van der Waals surface area contributed by atoms with Crippen LogP contribution in [-0.4, -0.2) is 44.1 Å². The number of amides is 1. The monoisotopic (exact) mass is 276 g/mol. The number of likely N-dealkylation sites (N-methyl/N-ethyl adjacent to an activating group) is 1. The minimum absolute atomic E-state index is 0.231. The average Bonchev–Trinajstić information content (AvgIpc) is 2.53. The van der Waals surface area contributed by atoms with E-state index in [1.54, 1.807) is 7.11 Å². The van der Waals surface area contributed by atoms with E-state index in [-0.39, 0.29) is 5.91 Å². The zero-order valence-corrected chi connectivity index (χ0v) is 12.4. The summed E-state index contributed by atoms with van der Waals surface area (Å²) in [5, 5.41) is 3.35. The number of nitrogens with zero attached hydrogens (tertiary/aromatic N) is 1. The van der Waals surface area contributed by atoms with Crippen LogP contribution in [0.3, 0.4) is 0 Å². The molecule has 1 aliphatic heterocycles. The van der Waals surface area contributed by atoms with Crippen molar-refractivity contribution in [2.24, 2.45) is 0 Å². The van der Waals surface area contributed by atoms with Gasteiger partial charge in [0.1, 0.15) is 5.75 Å². The van der Waals surface area contributed by atoms with Crippen LogP contribution in [0.15, 0.2) is 24.3 Å². The Kier molecular flexibility index (Phi) is 5.41. The van der Waals surface area contributed by atoms with Gasteiger partial charge in [-0.3, -0.25) is 4.79 Å². The second kappa shape index (κ2) is 7.29. The fourth-order valence-corrected chi connectivity index (χ4v) is 2.59. The molecule has 1 atom stereocenters. The Morgan fingerprint density at radius 3 is 2.75 bits per heavy atom. The summed E-state index contributed by atoms with van der Waals surface area (Å²) in [7, 11) is 3.58. The average molecular weight is 276 g/mol. The highest BCUT2D eigenvalue weighted by molar-refractivity contribution is 5.76. The first-order chi connectivity index (χ1) is 9.70. The lowest BCUT2D eigenvalue weighted by Gasteiger charge is -2.31. The highest BCUT2D eigenvalue weighted by Crippen LogP contribution is 2.14. The number of benzene rings is 1. The number of carbonyl (C=O) groups excluding carboxylic acids is 1. The maximum Gasteiger partial charge on any atom is 0.222 e. The molecule has 0 saturated carbocycles. The van der Waals surface area contributed by atoms with Crippen molar-refractivity contribution >= 4 is 5.91 Å². The Bertz CT molecular complexity index is 425. The van der Waals surface area contributed by atoms with E-state index in [4.69, 9.17) is 4.74 Å². The summed E-state index contributed by atoms with van der Waals surface area (Å²) in [4.78, 5) is 14.1. The first-order valence-corrected chi connectivity index (χ1v) is 7.30. The fraction of sp³-hybridized carbons (Fsp3) is 0.562. The minimum atomic E-state index is 0.231. The van der Waals surface area contributed by atoms with E-state index in [9.17, 15) is 4.79 Å². The smallest absolute Gasteiger partial charge is 0.222 e. The molecule has 0 aromatic heterocycles. The molecular weight excluding hydrogens is 252 g/mol. The molecule has 0 radical (unpaired) electrons. The largest absolute Gasteiger partial charge is 0.497 e. The van der Waals surface area contributed by atoms with Gasteiger partial charge in [-0.1, -0.05) is 12.1 Å². The second-order valence-corrected chi connectivity index (χ2v) is 5.35. The Hall–Kier alpha value is -1.55. The molecule has 4 heteroatoms. The van der Waals surface area contributed by atoms with Gasteiger partial charge in [0.15, 0.2) is 0 Å². The molecule has 1 N–H and O–H groups in total. The van der Waals surface area contributed by atoms with Crippen LogP contribution in [0.5, 0.6) is 5.75 Å². The predicted molar refractivity (Wildman–Crippen MR) is 80.0 cm³/mol. The van der Waals surface area contributed by atoms with Crippen LogP contribution in [0.1, 0.15) is 24.8 Å². The number of carbonyl (C=O) groups is 1. The molecule has 1 saturated heterocycles. The maximum atomic E-state index is 12.2. The topological polar surface area (TPSA) is 41.6 Å². The van der Waals surface area contributed by atoms with Gasteiger partial charge in [-0.25, -0.2) is 0 Å². The van der Waals surface area contributed by atoms with Crippen molar-refractivity contribution in [1.82, 2.24) is 10.2 Å². The quantitative estimate of drug-likeness (QED) is 0.892. The van der Waals surface area contributed by atoms with E-state index in [2.05, 4.69) is 5.32 Å². The summed E-state index contributed by atoms with van der Waals surface area (Å²) in [6, 6.07) is 8.28. The summed E-state index contributed by atoms with van der Waals surface area (Å²) < 4.78 is 5.13. The Balaban J connectivity index is 1.81. The van der Waals surface area contributed by atoms with Crippen molar-refractivity contribution in [2.75, 3.05) is 27.2 Å². The molecular formula is C16H24N2O2. The van der Waals surface area contributed by atoms with Gasteiger partial charge in [0, 0.05) is 26.1 Å². The number of piperidine rings is 1. The van der Waals surface area contributed by atoms with Gasteiger partial charge in [0.2, 0.25) is 5.91 Å². The number of hydrogen-bond donors (Lipinski definition) is 1. The minimum Gasteiger partial charge on any atom is -0.497 e. The van der Waals surface area contributed by atoms with Crippen LogP contribution in [0.2, 0.25) is 0 Å². The summed E-state index contributed by atoms with van der Waals surface area (Å²) in [5.41, 5.74) is 1.18. The third-order valence-electron chi connectivity index (χ3n) is 4.00. The number of aryl methyl sites for hydroxylation is 1. The van der Waals surface area contributed by atoms with Crippen LogP contribution in [0.4, 0.5) is 0 Å². The SMILES string of the molecule is COc1ccc(CCC(=O)N(C)C2CCCNC2)cc1. The predicted octanol–water partition coefficient (Wildman–Crippen LogP) is 1.84. The van der Waals surface area contributed by atoms with E-state index < -0.39 is 0 Å². The van der Waals surface area contributed by atoms with Gasteiger partial charge in [-0.05, 0) is 43.5 Å². The standard InChI is InChI=1S/C16H24N2O2/c1-18(14-4-3-11-17-12-14)16(19)10-7-13-5-8-15(20-2)9-6-13/h5-6,8-9,14,17H,3-4,7,10-12H2,1-2H3. The Morgan fingerprint density at radius 1 is 1.40 bits per heavy atom. The maximum absolute atomic E-state index is 12.2. The summed E-state index contributed by atoms with van der Waals surface area (Å²) >= 11 is 0. The molecule has 4 nitrogen and oxygen atoms in total. The molecule has 20 heavy (non-hydrogen) atoms. The van der Waals surface area contributed by atoms with Crippen LogP contribution in [-0.2, 0) is 11.2 Å². The van der Waals surface area contributed by atoms with Crippen molar-refractivity contribution in [3.63, 3.8) is 0 Å². The molecule has 1 heterocycles. The molecule has 2 rings (SSSR count). The highest BCUT2D eigenvalue weighted by Gasteiger charge is 2.21. The summed E-state index contributed by atoms with van der Waals surface area (Å²) in [5.74, 6) is 1.08. The molecule has 1 aromatic rings. The molecule has 0 spiro atoms. The molecule has 1 unspecified atom stereocenters. The van der Waals surface area contributed by atoms with Crippen molar-refractivity contribution < 1.29 is 9.53 Å². The third kappa shape index (κ3) is 3.97. The van der Waals surface area contributed by atoms with Crippen LogP contribution in [0.25, 0.3) is 0 Å². The van der Waals surface area contributed by atoms with E-state index in [0.717, 1.165) is 38.1 Å². The first-order valence-electron chi connectivity index (χ1n) is 7.30. The molecule has 1 aliphatic rings. The van der Waals surface area contributed by atoms with Gasteiger partial charge in [-0.15, -0.1) is 0 Å². The molecule has 1 amide bonds. The van der Waals surface area contributed by atoms with E-state index in [1.165, 1.54) is 5.56 Å². The summed E-state index contributed by atoms with van der Waals surface area (Å²) in [6.07, 6.45) is 3.62. The van der Waals surface area contributed by atoms with Crippen molar-refractivity contribution in [1.29, 1.82) is 0 Å². The number of ether oxygens (including phenoxy) is 1. The van der Waals surface area contributed by atoms with Gasteiger partial charge in [-0.2, -0.15) is 0 Å². The van der Waals surface area contributed by atoms with Crippen molar-refractivity contribution in [3.05, 3.63) is 29.8 Å². The lowest BCUT2D eigenvalue weighted by molar-refractivity contribution is -0.132. The number of rotatable bonds is 5. The van der Waals surface area contributed by atoms with E-state index in [1.807, 2.05) is 36.2 Å². The van der Waals surface area contributed by atoms with Crippen molar-refractivity contribution in [3.8, 4) is 5.75 Å².